The Hall–Kier alpha value is -0.870. The topological polar surface area (TPSA) is 60.2 Å². The summed E-state index contributed by atoms with van der Waals surface area (Å²) in [6.45, 7) is 2.69. The molecule has 4 heteroatoms. The Morgan fingerprint density at radius 1 is 1.28 bits per heavy atom. The molecule has 0 aliphatic carbocycles. The molecule has 1 aliphatic rings. The van der Waals surface area contributed by atoms with Crippen LogP contribution in [0.5, 0.6) is 0 Å². The van der Waals surface area contributed by atoms with Crippen molar-refractivity contribution in [2.45, 2.75) is 25.7 Å². The minimum absolute atomic E-state index is 0.293. The SMILES string of the molecule is Cc1ccccc1C(CN)C1CCS(=O)(=O)CC1. The van der Waals surface area contributed by atoms with Crippen LogP contribution in [-0.4, -0.2) is 26.5 Å². The van der Waals surface area contributed by atoms with Crippen LogP contribution >= 0.6 is 0 Å². The Morgan fingerprint density at radius 3 is 2.44 bits per heavy atom. The summed E-state index contributed by atoms with van der Waals surface area (Å²) in [4.78, 5) is 0. The highest BCUT2D eigenvalue weighted by Crippen LogP contribution is 2.34. The first-order chi connectivity index (χ1) is 8.53. The fourth-order valence-electron chi connectivity index (χ4n) is 2.89. The van der Waals surface area contributed by atoms with Gasteiger partial charge in [0.1, 0.15) is 9.84 Å². The predicted molar refractivity (Wildman–Crippen MR) is 74.4 cm³/mol. The van der Waals surface area contributed by atoms with Gasteiger partial charge in [-0.1, -0.05) is 24.3 Å². The first-order valence-corrected chi connectivity index (χ1v) is 8.31. The Labute approximate surface area is 109 Å². The maximum absolute atomic E-state index is 11.5. The molecule has 2 N–H and O–H groups in total. The lowest BCUT2D eigenvalue weighted by Crippen LogP contribution is -2.30. The highest BCUT2D eigenvalue weighted by atomic mass is 32.2. The molecule has 0 bridgehead atoms. The number of aryl methyl sites for hydroxylation is 1. The first kappa shape index (κ1) is 13.6. The standard InChI is InChI=1S/C14H21NO2S/c1-11-4-2-3-5-13(11)14(10-15)12-6-8-18(16,17)9-7-12/h2-5,12,14H,6-10,15H2,1H3. The third kappa shape index (κ3) is 2.93. The molecule has 2 rings (SSSR count). The summed E-state index contributed by atoms with van der Waals surface area (Å²) in [7, 11) is -2.79. The van der Waals surface area contributed by atoms with Crippen molar-refractivity contribution in [1.29, 1.82) is 0 Å². The number of benzene rings is 1. The monoisotopic (exact) mass is 267 g/mol. The van der Waals surface area contributed by atoms with Gasteiger partial charge in [0.25, 0.3) is 0 Å². The Bertz CT molecular complexity index is 496. The number of hydrogen-bond acceptors (Lipinski definition) is 3. The van der Waals surface area contributed by atoms with Gasteiger partial charge in [-0.2, -0.15) is 0 Å². The van der Waals surface area contributed by atoms with Gasteiger partial charge in [0.15, 0.2) is 0 Å². The normalized spacial score (nSPS) is 21.7. The Morgan fingerprint density at radius 2 is 1.89 bits per heavy atom. The molecule has 0 amide bonds. The third-order valence-electron chi connectivity index (χ3n) is 4.01. The molecule has 1 unspecified atom stereocenters. The fraction of sp³-hybridized carbons (Fsp3) is 0.571. The molecule has 1 heterocycles. The zero-order chi connectivity index (χ0) is 13.2. The van der Waals surface area contributed by atoms with Gasteiger partial charge in [-0.3, -0.25) is 0 Å². The maximum atomic E-state index is 11.5. The van der Waals surface area contributed by atoms with Crippen LogP contribution in [-0.2, 0) is 9.84 Å². The number of rotatable bonds is 3. The quantitative estimate of drug-likeness (QED) is 0.909. The summed E-state index contributed by atoms with van der Waals surface area (Å²) in [5.41, 5.74) is 8.46. The fourth-order valence-corrected chi connectivity index (χ4v) is 4.41. The van der Waals surface area contributed by atoms with Gasteiger partial charge in [-0.25, -0.2) is 8.42 Å². The average Bonchev–Trinajstić information content (AvgIpc) is 2.34. The van der Waals surface area contributed by atoms with E-state index in [2.05, 4.69) is 19.1 Å². The van der Waals surface area contributed by atoms with E-state index in [1.54, 1.807) is 0 Å². The van der Waals surface area contributed by atoms with Crippen LogP contribution in [0, 0.1) is 12.8 Å². The molecule has 1 aromatic rings. The molecular formula is C14H21NO2S. The summed E-state index contributed by atoms with van der Waals surface area (Å²) < 4.78 is 23.0. The zero-order valence-electron chi connectivity index (χ0n) is 10.8. The zero-order valence-corrected chi connectivity index (χ0v) is 11.6. The van der Waals surface area contributed by atoms with Crippen molar-refractivity contribution in [3.63, 3.8) is 0 Å². The largest absolute Gasteiger partial charge is 0.330 e. The highest BCUT2D eigenvalue weighted by Gasteiger charge is 2.30. The molecule has 3 nitrogen and oxygen atoms in total. The second-order valence-corrected chi connectivity index (χ2v) is 7.49. The molecule has 0 aromatic heterocycles. The lowest BCUT2D eigenvalue weighted by Gasteiger charge is -2.30. The lowest BCUT2D eigenvalue weighted by molar-refractivity contribution is 0.388. The van der Waals surface area contributed by atoms with Crippen molar-refractivity contribution in [2.24, 2.45) is 11.7 Å². The van der Waals surface area contributed by atoms with Crippen molar-refractivity contribution in [1.82, 2.24) is 0 Å². The smallest absolute Gasteiger partial charge is 0.150 e. The summed E-state index contributed by atoms with van der Waals surface area (Å²) in [5.74, 6) is 1.33. The van der Waals surface area contributed by atoms with E-state index in [0.29, 0.717) is 29.9 Å². The molecule has 1 aromatic carbocycles. The van der Waals surface area contributed by atoms with E-state index in [9.17, 15) is 8.42 Å². The van der Waals surface area contributed by atoms with Crippen molar-refractivity contribution in [2.75, 3.05) is 18.1 Å². The van der Waals surface area contributed by atoms with Crippen molar-refractivity contribution in [3.05, 3.63) is 35.4 Å². The van der Waals surface area contributed by atoms with Gasteiger partial charge in [-0.05, 0) is 49.3 Å². The Balaban J connectivity index is 2.18. The van der Waals surface area contributed by atoms with Crippen LogP contribution in [0.2, 0.25) is 0 Å². The first-order valence-electron chi connectivity index (χ1n) is 6.49. The molecule has 18 heavy (non-hydrogen) atoms. The summed E-state index contributed by atoms with van der Waals surface area (Å²) in [6.07, 6.45) is 1.50. The number of hydrogen-bond donors (Lipinski definition) is 1. The summed E-state index contributed by atoms with van der Waals surface area (Å²) >= 11 is 0. The van der Waals surface area contributed by atoms with Gasteiger partial charge < -0.3 is 5.73 Å². The molecule has 1 atom stereocenters. The minimum atomic E-state index is -2.79. The van der Waals surface area contributed by atoms with Crippen LogP contribution in [0.4, 0.5) is 0 Å². The molecule has 1 saturated heterocycles. The third-order valence-corrected chi connectivity index (χ3v) is 5.73. The average molecular weight is 267 g/mol. The number of sulfone groups is 1. The van der Waals surface area contributed by atoms with Crippen LogP contribution < -0.4 is 5.73 Å². The van der Waals surface area contributed by atoms with Crippen LogP contribution in [0.1, 0.15) is 29.9 Å². The molecule has 1 fully saturated rings. The minimum Gasteiger partial charge on any atom is -0.330 e. The van der Waals surface area contributed by atoms with E-state index >= 15 is 0 Å². The lowest BCUT2D eigenvalue weighted by atomic mass is 9.81. The Kier molecular flexibility index (Phi) is 4.07. The van der Waals surface area contributed by atoms with E-state index in [-0.39, 0.29) is 0 Å². The van der Waals surface area contributed by atoms with Gasteiger partial charge in [0.05, 0.1) is 11.5 Å². The maximum Gasteiger partial charge on any atom is 0.150 e. The van der Waals surface area contributed by atoms with Crippen LogP contribution in [0.25, 0.3) is 0 Å². The molecule has 0 saturated carbocycles. The van der Waals surface area contributed by atoms with Gasteiger partial charge in [0.2, 0.25) is 0 Å². The van der Waals surface area contributed by atoms with Gasteiger partial charge in [0, 0.05) is 0 Å². The van der Waals surface area contributed by atoms with E-state index in [1.807, 2.05) is 12.1 Å². The summed E-state index contributed by atoms with van der Waals surface area (Å²) in [5, 5.41) is 0. The van der Waals surface area contributed by atoms with Crippen molar-refractivity contribution < 1.29 is 8.42 Å². The molecule has 0 radical (unpaired) electrons. The highest BCUT2D eigenvalue weighted by molar-refractivity contribution is 7.91. The van der Waals surface area contributed by atoms with E-state index in [0.717, 1.165) is 12.8 Å². The molecule has 100 valence electrons. The van der Waals surface area contributed by atoms with E-state index in [1.165, 1.54) is 11.1 Å². The van der Waals surface area contributed by atoms with E-state index in [4.69, 9.17) is 5.73 Å². The van der Waals surface area contributed by atoms with E-state index < -0.39 is 9.84 Å². The van der Waals surface area contributed by atoms with Crippen molar-refractivity contribution in [3.8, 4) is 0 Å². The predicted octanol–water partition coefficient (Wildman–Crippen LogP) is 1.86. The second-order valence-electron chi connectivity index (χ2n) is 5.19. The summed E-state index contributed by atoms with van der Waals surface area (Å²) in [6, 6.07) is 8.27. The van der Waals surface area contributed by atoms with Crippen molar-refractivity contribution >= 4 is 9.84 Å². The second kappa shape index (κ2) is 5.41. The molecule has 1 aliphatic heterocycles. The molecular weight excluding hydrogens is 246 g/mol. The molecule has 0 spiro atoms. The van der Waals surface area contributed by atoms with Crippen LogP contribution in [0.3, 0.4) is 0 Å². The van der Waals surface area contributed by atoms with Gasteiger partial charge in [-0.15, -0.1) is 0 Å². The number of nitrogens with two attached hydrogens (primary N) is 1. The van der Waals surface area contributed by atoms with Crippen LogP contribution in [0.15, 0.2) is 24.3 Å². The van der Waals surface area contributed by atoms with Gasteiger partial charge >= 0.3 is 0 Å².